The molecule has 5 nitrogen and oxygen atoms in total. The third kappa shape index (κ3) is 6.49. The molecule has 2 amide bonds. The lowest BCUT2D eigenvalue weighted by Crippen LogP contribution is -2.42. The molecule has 3 rings (SSSR count). The number of hydrogen-bond donors (Lipinski definition) is 2. The van der Waals surface area contributed by atoms with Crippen LogP contribution in [0.5, 0.6) is 0 Å². The van der Waals surface area contributed by atoms with Gasteiger partial charge < -0.3 is 15.5 Å². The number of benzene rings is 1. The van der Waals surface area contributed by atoms with E-state index in [1.165, 1.54) is 31.0 Å². The molecule has 0 bridgehead atoms. The van der Waals surface area contributed by atoms with Gasteiger partial charge in [-0.1, -0.05) is 25.0 Å². The van der Waals surface area contributed by atoms with Crippen molar-refractivity contribution in [3.63, 3.8) is 0 Å². The van der Waals surface area contributed by atoms with Gasteiger partial charge >= 0.3 is 0 Å². The highest BCUT2D eigenvalue weighted by Gasteiger charge is 2.26. The maximum absolute atomic E-state index is 13.5. The number of likely N-dealkylation sites (tertiary alicyclic amines) is 1. The van der Waals surface area contributed by atoms with Crippen molar-refractivity contribution < 1.29 is 18.4 Å². The van der Waals surface area contributed by atoms with Crippen LogP contribution in [0.1, 0.15) is 61.4 Å². The lowest BCUT2D eigenvalue weighted by molar-refractivity contribution is -0.124. The van der Waals surface area contributed by atoms with Crippen LogP contribution in [0.25, 0.3) is 0 Å². The molecule has 0 unspecified atom stereocenters. The summed E-state index contributed by atoms with van der Waals surface area (Å²) in [5.74, 6) is -2.47. The average Bonchev–Trinajstić information content (AvgIpc) is 3.27. The van der Waals surface area contributed by atoms with E-state index in [1.807, 2.05) is 0 Å². The van der Waals surface area contributed by atoms with Crippen LogP contribution in [0, 0.1) is 11.8 Å². The zero-order chi connectivity index (χ0) is 21.6. The van der Waals surface area contributed by atoms with E-state index in [9.17, 15) is 18.4 Å². The predicted molar refractivity (Wildman–Crippen MR) is 112 cm³/mol. The summed E-state index contributed by atoms with van der Waals surface area (Å²) in [6.07, 6.45) is 6.33. The molecule has 0 aromatic heterocycles. The first-order valence-electron chi connectivity index (χ1n) is 11.1. The van der Waals surface area contributed by atoms with Crippen LogP contribution in [0.15, 0.2) is 24.3 Å². The van der Waals surface area contributed by atoms with Crippen LogP contribution < -0.4 is 10.6 Å². The fraction of sp³-hybridized carbons (Fsp3) is 0.652. The lowest BCUT2D eigenvalue weighted by atomic mass is 9.96. The minimum atomic E-state index is -2.96. The molecule has 0 spiro atoms. The number of alkyl halides is 2. The Bertz CT molecular complexity index is 721. The van der Waals surface area contributed by atoms with E-state index in [4.69, 9.17) is 0 Å². The van der Waals surface area contributed by atoms with Crippen molar-refractivity contribution in [3.8, 4) is 0 Å². The molecule has 166 valence electrons. The van der Waals surface area contributed by atoms with Crippen molar-refractivity contribution in [2.45, 2.75) is 51.4 Å². The van der Waals surface area contributed by atoms with Crippen LogP contribution >= 0.6 is 0 Å². The number of hydrogen-bond acceptors (Lipinski definition) is 3. The maximum Gasteiger partial charge on any atom is 0.270 e. The van der Waals surface area contributed by atoms with Gasteiger partial charge in [0.25, 0.3) is 11.8 Å². The van der Waals surface area contributed by atoms with Crippen molar-refractivity contribution in [1.82, 2.24) is 15.5 Å². The highest BCUT2D eigenvalue weighted by Crippen LogP contribution is 2.27. The second-order valence-electron chi connectivity index (χ2n) is 8.74. The molecule has 30 heavy (non-hydrogen) atoms. The third-order valence-electron chi connectivity index (χ3n) is 6.34. The van der Waals surface area contributed by atoms with Crippen molar-refractivity contribution in [3.05, 3.63) is 35.4 Å². The van der Waals surface area contributed by atoms with Gasteiger partial charge in [0.05, 0.1) is 0 Å². The van der Waals surface area contributed by atoms with Crippen LogP contribution in [0.4, 0.5) is 8.78 Å². The van der Waals surface area contributed by atoms with Gasteiger partial charge in [0, 0.05) is 43.6 Å². The van der Waals surface area contributed by atoms with Gasteiger partial charge in [-0.05, 0) is 56.8 Å². The summed E-state index contributed by atoms with van der Waals surface area (Å²) in [6.45, 7) is 4.81. The largest absolute Gasteiger partial charge is 0.355 e. The van der Waals surface area contributed by atoms with Crippen molar-refractivity contribution in [2.24, 2.45) is 11.8 Å². The summed E-state index contributed by atoms with van der Waals surface area (Å²) >= 11 is 0. The normalized spacial score (nSPS) is 19.0. The first kappa shape index (κ1) is 22.7. The second kappa shape index (κ2) is 10.3. The number of carbonyl (C=O) groups excluding carboxylic acids is 2. The quantitative estimate of drug-likeness (QED) is 0.675. The zero-order valence-corrected chi connectivity index (χ0v) is 17.8. The molecule has 1 aliphatic heterocycles. The molecule has 1 aromatic carbocycles. The monoisotopic (exact) mass is 421 g/mol. The van der Waals surface area contributed by atoms with E-state index >= 15 is 0 Å². The fourth-order valence-corrected chi connectivity index (χ4v) is 4.36. The molecule has 1 saturated heterocycles. The van der Waals surface area contributed by atoms with E-state index in [0.29, 0.717) is 19.0 Å². The fourth-order valence-electron chi connectivity index (χ4n) is 4.36. The van der Waals surface area contributed by atoms with Crippen LogP contribution in [-0.2, 0) is 10.7 Å². The molecular formula is C23H33F2N3O2. The van der Waals surface area contributed by atoms with E-state index < -0.39 is 5.92 Å². The van der Waals surface area contributed by atoms with E-state index in [-0.39, 0.29) is 28.9 Å². The van der Waals surface area contributed by atoms with Gasteiger partial charge in [-0.15, -0.1) is 0 Å². The first-order valence-corrected chi connectivity index (χ1v) is 11.1. The van der Waals surface area contributed by atoms with Crippen LogP contribution in [0.3, 0.4) is 0 Å². The standard InChI is InChI=1S/C23H33F2N3O2/c1-23(24,25)20-8-4-7-19(15-20)22(30)27-16-17-9-12-28(13-10-17)14-11-26-21(29)18-5-2-3-6-18/h4,7-8,15,17-18H,2-3,5-6,9-14,16H2,1H3,(H,26,29)(H,27,30). The van der Waals surface area contributed by atoms with Crippen molar-refractivity contribution in [1.29, 1.82) is 0 Å². The Balaban J connectivity index is 1.34. The number of halogens is 2. The summed E-state index contributed by atoms with van der Waals surface area (Å²) in [4.78, 5) is 26.8. The van der Waals surface area contributed by atoms with Gasteiger partial charge in [0.15, 0.2) is 0 Å². The Kier molecular flexibility index (Phi) is 7.81. The Labute approximate surface area is 177 Å². The number of rotatable bonds is 8. The Hall–Kier alpha value is -2.02. The number of carbonyl (C=O) groups is 2. The summed E-state index contributed by atoms with van der Waals surface area (Å²) in [5.41, 5.74) is 0.118. The molecule has 0 radical (unpaired) electrons. The van der Waals surface area contributed by atoms with Gasteiger partial charge in [-0.3, -0.25) is 9.59 Å². The topological polar surface area (TPSA) is 61.4 Å². The maximum atomic E-state index is 13.5. The average molecular weight is 422 g/mol. The minimum absolute atomic E-state index is 0.150. The third-order valence-corrected chi connectivity index (χ3v) is 6.34. The molecule has 7 heteroatoms. The van der Waals surface area contributed by atoms with E-state index in [1.54, 1.807) is 6.07 Å². The zero-order valence-electron chi connectivity index (χ0n) is 17.8. The summed E-state index contributed by atoms with van der Waals surface area (Å²) in [7, 11) is 0. The Morgan fingerprint density at radius 1 is 1.10 bits per heavy atom. The molecule has 1 heterocycles. The lowest BCUT2D eigenvalue weighted by Gasteiger charge is -2.32. The number of piperidine rings is 1. The summed E-state index contributed by atoms with van der Waals surface area (Å²) < 4.78 is 26.9. The molecule has 2 fully saturated rings. The van der Waals surface area contributed by atoms with Crippen molar-refractivity contribution in [2.75, 3.05) is 32.7 Å². The van der Waals surface area contributed by atoms with Crippen LogP contribution in [-0.4, -0.2) is 49.4 Å². The summed E-state index contributed by atoms with van der Waals surface area (Å²) in [6, 6.07) is 5.65. The molecule has 1 aliphatic carbocycles. The van der Waals surface area contributed by atoms with Crippen molar-refractivity contribution >= 4 is 11.8 Å². The molecule has 2 N–H and O–H groups in total. The van der Waals surface area contributed by atoms with Gasteiger partial charge in [-0.25, -0.2) is 8.78 Å². The van der Waals surface area contributed by atoms with E-state index in [0.717, 1.165) is 52.2 Å². The predicted octanol–water partition coefficient (Wildman–Crippen LogP) is 3.55. The molecular weight excluding hydrogens is 388 g/mol. The molecule has 1 aromatic rings. The highest BCUT2D eigenvalue weighted by atomic mass is 19.3. The first-order chi connectivity index (χ1) is 14.3. The Morgan fingerprint density at radius 2 is 1.80 bits per heavy atom. The smallest absolute Gasteiger partial charge is 0.270 e. The summed E-state index contributed by atoms with van der Waals surface area (Å²) in [5, 5.41) is 5.96. The number of nitrogens with zero attached hydrogens (tertiary/aromatic N) is 1. The number of amides is 2. The number of nitrogens with one attached hydrogen (secondary N) is 2. The van der Waals surface area contributed by atoms with Gasteiger partial charge in [0.2, 0.25) is 5.91 Å². The molecule has 2 aliphatic rings. The SMILES string of the molecule is CC(F)(F)c1cccc(C(=O)NCC2CCN(CCNC(=O)C3CCCC3)CC2)c1. The van der Waals surface area contributed by atoms with Crippen LogP contribution in [0.2, 0.25) is 0 Å². The van der Waals surface area contributed by atoms with Gasteiger partial charge in [-0.2, -0.15) is 0 Å². The minimum Gasteiger partial charge on any atom is -0.355 e. The second-order valence-corrected chi connectivity index (χ2v) is 8.74. The Morgan fingerprint density at radius 3 is 2.47 bits per heavy atom. The van der Waals surface area contributed by atoms with E-state index in [2.05, 4.69) is 15.5 Å². The highest BCUT2D eigenvalue weighted by molar-refractivity contribution is 5.94. The molecule has 0 atom stereocenters. The van der Waals surface area contributed by atoms with Gasteiger partial charge in [0.1, 0.15) is 0 Å². The molecule has 1 saturated carbocycles.